The summed E-state index contributed by atoms with van der Waals surface area (Å²) in [7, 11) is 0. The largest absolute Gasteiger partial charge is 0.389 e. The molecule has 0 nitrogen and oxygen atoms in total. The van der Waals surface area contributed by atoms with Crippen LogP contribution in [0.5, 0.6) is 0 Å². The van der Waals surface area contributed by atoms with Crippen LogP contribution in [-0.4, -0.2) is 12.4 Å². The molecular formula is C13H22F6. The van der Waals surface area contributed by atoms with Crippen molar-refractivity contribution in [3.8, 4) is 0 Å². The maximum atomic E-state index is 12.2. The third-order valence-electron chi connectivity index (χ3n) is 3.13. The van der Waals surface area contributed by atoms with Crippen molar-refractivity contribution in [1.82, 2.24) is 0 Å². The van der Waals surface area contributed by atoms with Crippen LogP contribution in [0.2, 0.25) is 0 Å². The molecular weight excluding hydrogens is 270 g/mol. The standard InChI is InChI=1S/C13H22F6/c1-10(2,5-7-12(14,15)16)9-11(3,4)6-8-13(17,18)19/h5-9H2,1-4H3. The van der Waals surface area contributed by atoms with Gasteiger partial charge in [-0.3, -0.25) is 0 Å². The van der Waals surface area contributed by atoms with Crippen LogP contribution in [-0.2, 0) is 0 Å². The van der Waals surface area contributed by atoms with E-state index in [2.05, 4.69) is 0 Å². The van der Waals surface area contributed by atoms with Crippen molar-refractivity contribution >= 4 is 0 Å². The van der Waals surface area contributed by atoms with Gasteiger partial charge in [0.1, 0.15) is 0 Å². The highest BCUT2D eigenvalue weighted by atomic mass is 19.4. The molecule has 0 radical (unpaired) electrons. The van der Waals surface area contributed by atoms with Crippen molar-refractivity contribution < 1.29 is 26.3 Å². The van der Waals surface area contributed by atoms with Crippen LogP contribution >= 0.6 is 0 Å². The van der Waals surface area contributed by atoms with Crippen LogP contribution in [0.15, 0.2) is 0 Å². The van der Waals surface area contributed by atoms with Crippen LogP contribution in [0.3, 0.4) is 0 Å². The Bertz CT molecular complexity index is 244. The molecule has 0 N–H and O–H groups in total. The summed E-state index contributed by atoms with van der Waals surface area (Å²) in [6.45, 7) is 6.70. The maximum Gasteiger partial charge on any atom is 0.389 e. The molecule has 0 heterocycles. The lowest BCUT2D eigenvalue weighted by atomic mass is 9.71. The Hall–Kier alpha value is -0.420. The minimum Gasteiger partial charge on any atom is -0.171 e. The van der Waals surface area contributed by atoms with Gasteiger partial charge in [-0.15, -0.1) is 0 Å². The quantitative estimate of drug-likeness (QED) is 0.518. The van der Waals surface area contributed by atoms with E-state index in [0.717, 1.165) is 0 Å². The fourth-order valence-corrected chi connectivity index (χ4v) is 2.43. The van der Waals surface area contributed by atoms with E-state index in [1.807, 2.05) is 0 Å². The lowest BCUT2D eigenvalue weighted by molar-refractivity contribution is -0.143. The van der Waals surface area contributed by atoms with Gasteiger partial charge >= 0.3 is 12.4 Å². The van der Waals surface area contributed by atoms with Gasteiger partial charge in [0.05, 0.1) is 0 Å². The molecule has 0 rings (SSSR count). The SMILES string of the molecule is CC(C)(CCC(F)(F)F)CC(C)(C)CCC(F)(F)F. The molecule has 0 amide bonds. The third kappa shape index (κ3) is 11.1. The van der Waals surface area contributed by atoms with Gasteiger partial charge in [0.15, 0.2) is 0 Å². The Morgan fingerprint density at radius 1 is 0.526 bits per heavy atom. The van der Waals surface area contributed by atoms with Gasteiger partial charge in [-0.25, -0.2) is 0 Å². The molecule has 0 atom stereocenters. The zero-order valence-corrected chi connectivity index (χ0v) is 11.8. The first-order valence-corrected chi connectivity index (χ1v) is 6.26. The van der Waals surface area contributed by atoms with Gasteiger partial charge in [0.2, 0.25) is 0 Å². The molecule has 0 spiro atoms. The van der Waals surface area contributed by atoms with Crippen LogP contribution in [0.25, 0.3) is 0 Å². The summed E-state index contributed by atoms with van der Waals surface area (Å²) in [5, 5.41) is 0. The van der Waals surface area contributed by atoms with Crippen molar-refractivity contribution in [2.45, 2.75) is 72.2 Å². The minimum atomic E-state index is -4.21. The van der Waals surface area contributed by atoms with Crippen molar-refractivity contribution in [3.05, 3.63) is 0 Å². The molecule has 6 heteroatoms. The van der Waals surface area contributed by atoms with Gasteiger partial charge in [0, 0.05) is 12.8 Å². The van der Waals surface area contributed by atoms with Gasteiger partial charge in [-0.1, -0.05) is 27.7 Å². The molecule has 0 aromatic carbocycles. The van der Waals surface area contributed by atoms with Crippen LogP contribution in [0.1, 0.15) is 59.8 Å². The van der Waals surface area contributed by atoms with E-state index in [0.29, 0.717) is 6.42 Å². The normalized spacial score (nSPS) is 14.8. The van der Waals surface area contributed by atoms with Gasteiger partial charge in [-0.05, 0) is 30.1 Å². The first kappa shape index (κ1) is 18.6. The van der Waals surface area contributed by atoms with Gasteiger partial charge in [-0.2, -0.15) is 26.3 Å². The Morgan fingerprint density at radius 2 is 0.789 bits per heavy atom. The fraction of sp³-hybridized carbons (Fsp3) is 1.00. The van der Waals surface area contributed by atoms with Crippen molar-refractivity contribution in [1.29, 1.82) is 0 Å². The summed E-state index contributed by atoms with van der Waals surface area (Å²) in [4.78, 5) is 0. The molecule has 0 aliphatic carbocycles. The highest BCUT2D eigenvalue weighted by Crippen LogP contribution is 2.42. The molecule has 0 fully saturated rings. The number of halogens is 6. The Balaban J connectivity index is 4.37. The van der Waals surface area contributed by atoms with Crippen molar-refractivity contribution in [2.24, 2.45) is 10.8 Å². The lowest BCUT2D eigenvalue weighted by Crippen LogP contribution is -2.26. The fourth-order valence-electron chi connectivity index (χ4n) is 2.43. The molecule has 0 bridgehead atoms. The van der Waals surface area contributed by atoms with Gasteiger partial charge in [0.25, 0.3) is 0 Å². The second kappa shape index (κ2) is 5.92. The lowest BCUT2D eigenvalue weighted by Gasteiger charge is -2.35. The summed E-state index contributed by atoms with van der Waals surface area (Å²) in [6.07, 6.45) is -10.0. The summed E-state index contributed by atoms with van der Waals surface area (Å²) in [5.41, 5.74) is -1.24. The molecule has 0 unspecified atom stereocenters. The molecule has 0 aromatic rings. The Kier molecular flexibility index (Phi) is 5.79. The first-order valence-electron chi connectivity index (χ1n) is 6.26. The Labute approximate surface area is 110 Å². The molecule has 116 valence electrons. The zero-order valence-electron chi connectivity index (χ0n) is 11.8. The van der Waals surface area contributed by atoms with Crippen LogP contribution in [0.4, 0.5) is 26.3 Å². The van der Waals surface area contributed by atoms with Crippen LogP contribution < -0.4 is 0 Å². The van der Waals surface area contributed by atoms with E-state index in [-0.39, 0.29) is 12.8 Å². The van der Waals surface area contributed by atoms with E-state index in [9.17, 15) is 26.3 Å². The first-order chi connectivity index (χ1) is 8.12. The molecule has 0 saturated carbocycles. The number of hydrogen-bond donors (Lipinski definition) is 0. The zero-order chi connectivity index (χ0) is 15.5. The maximum absolute atomic E-state index is 12.2. The second-order valence-electron chi connectivity index (χ2n) is 6.74. The summed E-state index contributed by atoms with van der Waals surface area (Å²) in [6, 6.07) is 0. The highest BCUT2D eigenvalue weighted by Gasteiger charge is 2.36. The Morgan fingerprint density at radius 3 is 1.00 bits per heavy atom. The topological polar surface area (TPSA) is 0 Å². The molecule has 0 aliphatic rings. The smallest absolute Gasteiger partial charge is 0.171 e. The van der Waals surface area contributed by atoms with E-state index in [1.54, 1.807) is 27.7 Å². The average molecular weight is 292 g/mol. The van der Waals surface area contributed by atoms with E-state index in [1.165, 1.54) is 0 Å². The molecule has 0 aliphatic heterocycles. The number of hydrogen-bond acceptors (Lipinski definition) is 0. The molecule has 0 aromatic heterocycles. The van der Waals surface area contributed by atoms with Crippen LogP contribution in [0, 0.1) is 10.8 Å². The van der Waals surface area contributed by atoms with E-state index >= 15 is 0 Å². The third-order valence-corrected chi connectivity index (χ3v) is 3.13. The minimum absolute atomic E-state index is 0.0635. The van der Waals surface area contributed by atoms with Gasteiger partial charge < -0.3 is 0 Å². The summed E-state index contributed by atoms with van der Waals surface area (Å²) in [5.74, 6) is 0. The second-order valence-corrected chi connectivity index (χ2v) is 6.74. The number of rotatable bonds is 6. The van der Waals surface area contributed by atoms with E-state index in [4.69, 9.17) is 0 Å². The highest BCUT2D eigenvalue weighted by molar-refractivity contribution is 4.80. The monoisotopic (exact) mass is 292 g/mol. The predicted octanol–water partition coefficient (Wildman–Crippen LogP) is 6.11. The average Bonchev–Trinajstić information content (AvgIpc) is 2.09. The predicted molar refractivity (Wildman–Crippen MR) is 62.8 cm³/mol. The van der Waals surface area contributed by atoms with Crippen molar-refractivity contribution in [2.75, 3.05) is 0 Å². The van der Waals surface area contributed by atoms with E-state index < -0.39 is 36.0 Å². The van der Waals surface area contributed by atoms with Crippen molar-refractivity contribution in [3.63, 3.8) is 0 Å². The summed E-state index contributed by atoms with van der Waals surface area (Å²) >= 11 is 0. The summed E-state index contributed by atoms with van der Waals surface area (Å²) < 4.78 is 73.0. The number of alkyl halides is 6. The molecule has 0 saturated heterocycles. The molecule has 19 heavy (non-hydrogen) atoms.